The van der Waals surface area contributed by atoms with Gasteiger partial charge in [0.2, 0.25) is 0 Å². The molecule has 1 aliphatic heterocycles. The molecule has 0 saturated carbocycles. The smallest absolute Gasteiger partial charge is 0.164 e. The van der Waals surface area contributed by atoms with E-state index >= 15 is 0 Å². The Kier molecular flexibility index (Phi) is 3.80. The summed E-state index contributed by atoms with van der Waals surface area (Å²) in [7, 11) is 0. The van der Waals surface area contributed by atoms with Crippen molar-refractivity contribution in [2.24, 2.45) is 0 Å². The minimum Gasteiger partial charge on any atom is -0.379 e. The van der Waals surface area contributed by atoms with Gasteiger partial charge in [-0.3, -0.25) is 9.69 Å². The van der Waals surface area contributed by atoms with Crippen molar-refractivity contribution in [2.45, 2.75) is 13.3 Å². The Labute approximate surface area is 117 Å². The molecule has 0 amide bonds. The summed E-state index contributed by atoms with van der Waals surface area (Å²) in [4.78, 5) is 22.0. The number of benzene rings is 1. The van der Waals surface area contributed by atoms with E-state index in [4.69, 9.17) is 4.74 Å². The number of nitrogens with one attached hydrogen (secondary N) is 1. The van der Waals surface area contributed by atoms with Crippen LogP contribution in [-0.2, 0) is 4.74 Å². The van der Waals surface area contributed by atoms with E-state index in [1.165, 1.54) is 0 Å². The van der Waals surface area contributed by atoms with Crippen LogP contribution in [0.5, 0.6) is 0 Å². The maximum atomic E-state index is 12.2. The summed E-state index contributed by atoms with van der Waals surface area (Å²) in [6, 6.07) is 5.67. The number of nitrogens with zero attached hydrogens (tertiary/aromatic N) is 2. The molecular weight excluding hydrogens is 254 g/mol. The number of H-pyrrole nitrogens is 1. The van der Waals surface area contributed by atoms with Crippen molar-refractivity contribution in [3.63, 3.8) is 0 Å². The number of ether oxygens (including phenoxy) is 1. The van der Waals surface area contributed by atoms with Crippen LogP contribution >= 0.6 is 0 Å². The number of aryl methyl sites for hydroxylation is 1. The van der Waals surface area contributed by atoms with Gasteiger partial charge in [0.15, 0.2) is 5.78 Å². The molecule has 106 valence electrons. The van der Waals surface area contributed by atoms with Gasteiger partial charge in [0.1, 0.15) is 5.82 Å². The quantitative estimate of drug-likeness (QED) is 0.863. The Morgan fingerprint density at radius 2 is 2.20 bits per heavy atom. The van der Waals surface area contributed by atoms with Crippen molar-refractivity contribution in [3.05, 3.63) is 29.6 Å². The second-order valence-electron chi connectivity index (χ2n) is 5.18. The van der Waals surface area contributed by atoms with Crippen molar-refractivity contribution in [1.82, 2.24) is 14.9 Å². The number of Topliss-reactive ketones (excluding diaryl/α,β-unsaturated/α-hetero) is 1. The van der Waals surface area contributed by atoms with E-state index in [1.54, 1.807) is 0 Å². The lowest BCUT2D eigenvalue weighted by atomic mass is 10.1. The lowest BCUT2D eigenvalue weighted by Gasteiger charge is -2.26. The number of morpholine rings is 1. The van der Waals surface area contributed by atoms with Crippen LogP contribution in [0.3, 0.4) is 0 Å². The van der Waals surface area contributed by atoms with Crippen LogP contribution in [0.25, 0.3) is 11.0 Å². The van der Waals surface area contributed by atoms with Crippen LogP contribution < -0.4 is 0 Å². The highest BCUT2D eigenvalue weighted by molar-refractivity contribution is 5.98. The molecule has 1 aromatic heterocycles. The van der Waals surface area contributed by atoms with Crippen LogP contribution in [0, 0.1) is 6.92 Å². The molecule has 3 rings (SSSR count). The zero-order chi connectivity index (χ0) is 13.9. The summed E-state index contributed by atoms with van der Waals surface area (Å²) in [5.74, 6) is 1.06. The Bertz CT molecular complexity index is 615. The number of ketones is 1. The third-order valence-corrected chi connectivity index (χ3v) is 3.68. The normalized spacial score (nSPS) is 16.6. The largest absolute Gasteiger partial charge is 0.379 e. The minimum atomic E-state index is 0.186. The molecule has 5 heteroatoms. The molecule has 1 N–H and O–H groups in total. The van der Waals surface area contributed by atoms with Gasteiger partial charge in [-0.2, -0.15) is 0 Å². The lowest BCUT2D eigenvalue weighted by molar-refractivity contribution is 0.0370. The van der Waals surface area contributed by atoms with Crippen molar-refractivity contribution < 1.29 is 9.53 Å². The van der Waals surface area contributed by atoms with Gasteiger partial charge in [-0.05, 0) is 25.1 Å². The zero-order valence-electron chi connectivity index (χ0n) is 11.7. The van der Waals surface area contributed by atoms with Crippen LogP contribution in [0.4, 0.5) is 0 Å². The number of aromatic nitrogens is 2. The average molecular weight is 273 g/mol. The predicted octanol–water partition coefficient (Wildman–Crippen LogP) is 1.78. The number of hydrogen-bond acceptors (Lipinski definition) is 4. The molecule has 1 fully saturated rings. The van der Waals surface area contributed by atoms with Gasteiger partial charge in [-0.25, -0.2) is 4.98 Å². The molecule has 1 saturated heterocycles. The first-order valence-electron chi connectivity index (χ1n) is 7.02. The first kappa shape index (κ1) is 13.3. The van der Waals surface area contributed by atoms with E-state index in [-0.39, 0.29) is 5.78 Å². The average Bonchev–Trinajstić information content (AvgIpc) is 2.85. The van der Waals surface area contributed by atoms with Crippen LogP contribution in [0.1, 0.15) is 22.6 Å². The number of imidazole rings is 1. The van der Waals surface area contributed by atoms with Crippen molar-refractivity contribution in [3.8, 4) is 0 Å². The molecule has 0 radical (unpaired) electrons. The Balaban J connectivity index is 1.65. The van der Waals surface area contributed by atoms with Gasteiger partial charge in [0, 0.05) is 31.6 Å². The predicted molar refractivity (Wildman–Crippen MR) is 77.0 cm³/mol. The summed E-state index contributed by atoms with van der Waals surface area (Å²) in [5.41, 5.74) is 2.60. The highest BCUT2D eigenvalue weighted by Gasteiger charge is 2.13. The first-order chi connectivity index (χ1) is 9.72. The Morgan fingerprint density at radius 1 is 1.40 bits per heavy atom. The number of fused-ring (bicyclic) bond motifs is 1. The Morgan fingerprint density at radius 3 is 3.00 bits per heavy atom. The lowest BCUT2D eigenvalue weighted by Crippen LogP contribution is -2.37. The molecule has 20 heavy (non-hydrogen) atoms. The summed E-state index contributed by atoms with van der Waals surface area (Å²) in [6.45, 7) is 6.11. The number of rotatable bonds is 4. The van der Waals surface area contributed by atoms with Crippen LogP contribution in [0.2, 0.25) is 0 Å². The van der Waals surface area contributed by atoms with E-state index in [2.05, 4.69) is 14.9 Å². The van der Waals surface area contributed by atoms with E-state index in [1.807, 2.05) is 25.1 Å². The first-order valence-corrected chi connectivity index (χ1v) is 7.02. The Hall–Kier alpha value is -1.72. The summed E-state index contributed by atoms with van der Waals surface area (Å²) in [5, 5.41) is 0. The highest BCUT2D eigenvalue weighted by atomic mass is 16.5. The second kappa shape index (κ2) is 5.73. The molecule has 0 spiro atoms. The van der Waals surface area contributed by atoms with Crippen molar-refractivity contribution >= 4 is 16.8 Å². The molecule has 0 bridgehead atoms. The highest BCUT2D eigenvalue weighted by Crippen LogP contribution is 2.15. The molecule has 1 aromatic carbocycles. The second-order valence-corrected chi connectivity index (χ2v) is 5.18. The topological polar surface area (TPSA) is 58.2 Å². The molecule has 2 heterocycles. The fourth-order valence-corrected chi connectivity index (χ4v) is 2.54. The van der Waals surface area contributed by atoms with Gasteiger partial charge in [0.25, 0.3) is 0 Å². The fraction of sp³-hybridized carbons (Fsp3) is 0.467. The number of hydrogen-bond donors (Lipinski definition) is 1. The maximum absolute atomic E-state index is 12.2. The van der Waals surface area contributed by atoms with Gasteiger partial charge in [-0.1, -0.05) is 0 Å². The van der Waals surface area contributed by atoms with Crippen molar-refractivity contribution in [2.75, 3.05) is 32.8 Å². The number of aromatic amines is 1. The summed E-state index contributed by atoms with van der Waals surface area (Å²) in [6.07, 6.45) is 0.554. The SMILES string of the molecule is Cc1nc2ccc(C(=O)CCN3CCOCC3)cc2[nH]1. The fourth-order valence-electron chi connectivity index (χ4n) is 2.54. The van der Waals surface area contributed by atoms with Crippen LogP contribution in [0.15, 0.2) is 18.2 Å². The zero-order valence-corrected chi connectivity index (χ0v) is 11.7. The van der Waals surface area contributed by atoms with Gasteiger partial charge >= 0.3 is 0 Å². The van der Waals surface area contributed by atoms with Crippen molar-refractivity contribution in [1.29, 1.82) is 0 Å². The van der Waals surface area contributed by atoms with E-state index in [0.717, 1.165) is 55.3 Å². The standard InChI is InChI=1S/C15H19N3O2/c1-11-16-13-3-2-12(10-14(13)17-11)15(19)4-5-18-6-8-20-9-7-18/h2-3,10H,4-9H2,1H3,(H,16,17). The van der Waals surface area contributed by atoms with E-state index in [9.17, 15) is 4.79 Å². The van der Waals surface area contributed by atoms with E-state index in [0.29, 0.717) is 6.42 Å². The maximum Gasteiger partial charge on any atom is 0.164 e. The number of carbonyl (C=O) groups excluding carboxylic acids is 1. The summed E-state index contributed by atoms with van der Waals surface area (Å²) >= 11 is 0. The molecule has 0 atom stereocenters. The van der Waals surface area contributed by atoms with E-state index < -0.39 is 0 Å². The third-order valence-electron chi connectivity index (χ3n) is 3.68. The van der Waals surface area contributed by atoms with Gasteiger partial charge in [-0.15, -0.1) is 0 Å². The molecule has 5 nitrogen and oxygen atoms in total. The third kappa shape index (κ3) is 2.89. The minimum absolute atomic E-state index is 0.186. The monoisotopic (exact) mass is 273 g/mol. The molecule has 0 unspecified atom stereocenters. The van der Waals surface area contributed by atoms with Gasteiger partial charge in [0.05, 0.1) is 24.2 Å². The molecule has 1 aliphatic rings. The summed E-state index contributed by atoms with van der Waals surface area (Å²) < 4.78 is 5.30. The van der Waals surface area contributed by atoms with Gasteiger partial charge < -0.3 is 9.72 Å². The van der Waals surface area contributed by atoms with Crippen LogP contribution in [-0.4, -0.2) is 53.5 Å². The number of carbonyl (C=O) groups is 1. The molecule has 0 aliphatic carbocycles. The molecular formula is C15H19N3O2. The molecule has 2 aromatic rings.